The highest BCUT2D eigenvalue weighted by atomic mass is 19.4. The predicted molar refractivity (Wildman–Crippen MR) is 295 cm³/mol. The number of halogens is 5. The van der Waals surface area contributed by atoms with Crippen LogP contribution in [-0.4, -0.2) is 61.7 Å². The zero-order chi connectivity index (χ0) is 58.7. The van der Waals surface area contributed by atoms with Gasteiger partial charge in [-0.25, -0.2) is 13.8 Å². The summed E-state index contributed by atoms with van der Waals surface area (Å²) >= 11 is 0. The van der Waals surface area contributed by atoms with Gasteiger partial charge in [-0.15, -0.1) is 0 Å². The molecule has 4 aliphatic rings. The molecule has 0 bridgehead atoms. The monoisotopic (exact) mass is 1120 g/mol. The third kappa shape index (κ3) is 13.4. The van der Waals surface area contributed by atoms with Crippen LogP contribution in [0.15, 0.2) is 103 Å². The maximum absolute atomic E-state index is 15.1. The minimum absolute atomic E-state index is 0.0296. The number of aliphatic carboxylic acids is 2. The smallest absolute Gasteiger partial charge is 0.433 e. The quantitative estimate of drug-likeness (QED) is 0.0887. The number of ether oxygens (including phenoxy) is 7. The Kier molecular flexibility index (Phi) is 18.3. The lowest BCUT2D eigenvalue weighted by molar-refractivity contribution is -0.143. The third-order valence-electron chi connectivity index (χ3n) is 15.3. The van der Waals surface area contributed by atoms with Crippen molar-refractivity contribution in [3.05, 3.63) is 148 Å². The standard InChI is InChI=1S/C34H39FO6.C28H25F4NO5.C2H6/c1-19(33(36)37)31(20-7-8-20)22-10-14-28-29(16-22)41-30(18-40-28)21-9-12-24(25-17-23(38-5)11-13-27(25)35)26(15-21)32(39-6)34(2,3)4;1-14(27(34)35)25(15-3-4-15)16-5-10-22-23(11-16)38-24(13-37-22)21-9-7-18(26(33-21)28(30,31)32)19-12-17(36-2)6-8-20(19)29;1-2/h9-17,19-20,30-32H,7-8,18H2,1-6H3,(H,36,37);5-12,14-15,24-25H,3-4,13H2,1-2H3,(H,34,35);1-2H3. The molecule has 0 saturated heterocycles. The number of nitrogens with zero attached hydrogens (tertiary/aromatic N) is 1. The van der Waals surface area contributed by atoms with Crippen molar-refractivity contribution < 1.29 is 74.9 Å². The van der Waals surface area contributed by atoms with E-state index in [9.17, 15) is 37.4 Å². The van der Waals surface area contributed by atoms with Crippen molar-refractivity contribution in [2.24, 2.45) is 29.1 Å². The number of benzene rings is 5. The minimum atomic E-state index is -4.87. The molecule has 0 spiro atoms. The predicted octanol–water partition coefficient (Wildman–Crippen LogP) is 15.6. The molecule has 2 aliphatic heterocycles. The summed E-state index contributed by atoms with van der Waals surface area (Å²) in [5.74, 6) is -0.903. The van der Waals surface area contributed by atoms with Crippen molar-refractivity contribution in [3.63, 3.8) is 0 Å². The van der Waals surface area contributed by atoms with E-state index in [1.54, 1.807) is 52.3 Å². The molecule has 12 nitrogen and oxygen atoms in total. The van der Waals surface area contributed by atoms with E-state index < -0.39 is 59.2 Å². The number of carboxylic acid groups (broad SMARTS) is 2. The number of rotatable bonds is 16. The molecule has 0 radical (unpaired) electrons. The number of hydrogen-bond acceptors (Lipinski definition) is 10. The molecule has 7 unspecified atom stereocenters. The second-order valence-electron chi connectivity index (χ2n) is 21.9. The van der Waals surface area contributed by atoms with Gasteiger partial charge in [0, 0.05) is 23.8 Å². The van der Waals surface area contributed by atoms with Gasteiger partial charge in [-0.3, -0.25) is 9.59 Å². The number of methoxy groups -OCH3 is 3. The van der Waals surface area contributed by atoms with E-state index >= 15 is 4.39 Å². The fourth-order valence-electron chi connectivity index (χ4n) is 11.0. The number of alkyl halides is 3. The lowest BCUT2D eigenvalue weighted by Crippen LogP contribution is -2.25. The lowest BCUT2D eigenvalue weighted by atomic mass is 9.80. The second kappa shape index (κ2) is 24.8. The van der Waals surface area contributed by atoms with Crippen molar-refractivity contribution in [1.82, 2.24) is 4.98 Å². The summed E-state index contributed by atoms with van der Waals surface area (Å²) in [4.78, 5) is 27.4. The summed E-state index contributed by atoms with van der Waals surface area (Å²) in [7, 11) is 4.57. The van der Waals surface area contributed by atoms with Crippen molar-refractivity contribution in [3.8, 4) is 56.8 Å². The number of carboxylic acids is 2. The molecule has 0 amide bonds. The molecule has 7 atom stereocenters. The van der Waals surface area contributed by atoms with E-state index in [0.717, 1.165) is 65.6 Å². The number of hydrogen-bond donors (Lipinski definition) is 2. The van der Waals surface area contributed by atoms with Gasteiger partial charge in [0.15, 0.2) is 40.9 Å². The van der Waals surface area contributed by atoms with Gasteiger partial charge in [0.1, 0.15) is 36.3 Å². The molecular weight excluding hydrogens is 1050 g/mol. The van der Waals surface area contributed by atoms with Crippen LogP contribution >= 0.6 is 0 Å². The van der Waals surface area contributed by atoms with Crippen LogP contribution in [0.25, 0.3) is 22.3 Å². The highest BCUT2D eigenvalue weighted by Crippen LogP contribution is 2.52. The van der Waals surface area contributed by atoms with E-state index in [1.165, 1.54) is 31.4 Å². The first-order chi connectivity index (χ1) is 38.6. The SMILES string of the molecule is CC.COc1ccc(F)c(-c2ccc(C3COc4ccc(C(C5CC5)C(C)C(=O)O)cc4O3)cc2C(OC)C(C)(C)C)c1.COc1ccc(F)c(-c2ccc(C3COc4ccc(C(C5CC5)C(C)C(=O)O)cc4O3)nc2C(F)(F)F)c1. The van der Waals surface area contributed by atoms with Crippen LogP contribution in [0.1, 0.15) is 138 Å². The summed E-state index contributed by atoms with van der Waals surface area (Å²) < 4.78 is 113. The van der Waals surface area contributed by atoms with Gasteiger partial charge in [0.25, 0.3) is 0 Å². The largest absolute Gasteiger partial charge is 0.497 e. The summed E-state index contributed by atoms with van der Waals surface area (Å²) in [6, 6.07) is 27.6. The Balaban J connectivity index is 0.000000207. The first-order valence-electron chi connectivity index (χ1n) is 27.3. The number of carbonyl (C=O) groups is 2. The topological polar surface area (TPSA) is 152 Å². The van der Waals surface area contributed by atoms with E-state index in [2.05, 4.69) is 25.8 Å². The molecule has 432 valence electrons. The van der Waals surface area contributed by atoms with Crippen LogP contribution in [0, 0.1) is 40.7 Å². The molecule has 3 heterocycles. The van der Waals surface area contributed by atoms with Gasteiger partial charge in [0.05, 0.1) is 37.9 Å². The zero-order valence-electron chi connectivity index (χ0n) is 47.2. The lowest BCUT2D eigenvalue weighted by Gasteiger charge is -2.33. The summed E-state index contributed by atoms with van der Waals surface area (Å²) in [5.41, 5.74) is 2.35. The first-order valence-corrected chi connectivity index (χ1v) is 27.3. The fourth-order valence-corrected chi connectivity index (χ4v) is 11.0. The van der Waals surface area contributed by atoms with E-state index in [1.807, 2.05) is 56.3 Å². The molecule has 2 N–H and O–H groups in total. The van der Waals surface area contributed by atoms with Crippen LogP contribution in [0.3, 0.4) is 0 Å². The molecule has 5 aromatic carbocycles. The highest BCUT2D eigenvalue weighted by molar-refractivity contribution is 5.73. The normalized spacial score (nSPS) is 18.3. The Morgan fingerprint density at radius 1 is 0.593 bits per heavy atom. The Labute approximate surface area is 469 Å². The van der Waals surface area contributed by atoms with Crippen LogP contribution in [0.2, 0.25) is 0 Å². The molecule has 81 heavy (non-hydrogen) atoms. The zero-order valence-corrected chi connectivity index (χ0v) is 47.2. The Morgan fingerprint density at radius 3 is 1.51 bits per heavy atom. The molecule has 6 aromatic rings. The van der Waals surface area contributed by atoms with Gasteiger partial charge in [-0.2, -0.15) is 13.2 Å². The van der Waals surface area contributed by atoms with Gasteiger partial charge >= 0.3 is 18.1 Å². The van der Waals surface area contributed by atoms with Crippen LogP contribution in [0.4, 0.5) is 22.0 Å². The van der Waals surface area contributed by atoms with Crippen molar-refractivity contribution in [1.29, 1.82) is 0 Å². The highest BCUT2D eigenvalue weighted by Gasteiger charge is 2.42. The molecule has 17 heteroatoms. The van der Waals surface area contributed by atoms with Gasteiger partial charge in [0.2, 0.25) is 0 Å². The summed E-state index contributed by atoms with van der Waals surface area (Å²) in [6.45, 7) is 13.9. The molecule has 10 rings (SSSR count). The van der Waals surface area contributed by atoms with Crippen LogP contribution < -0.4 is 28.4 Å². The Morgan fingerprint density at radius 2 is 1.06 bits per heavy atom. The molecular formula is C64H70F5NO11. The van der Waals surface area contributed by atoms with Gasteiger partial charge in [-0.1, -0.05) is 78.8 Å². The summed E-state index contributed by atoms with van der Waals surface area (Å²) in [5, 5.41) is 19.3. The van der Waals surface area contributed by atoms with Crippen LogP contribution in [0.5, 0.6) is 34.5 Å². The van der Waals surface area contributed by atoms with E-state index in [0.29, 0.717) is 46.8 Å². The maximum Gasteiger partial charge on any atom is 0.433 e. The average Bonchev–Trinajstić information content (AvgIpc) is 4.49. The minimum Gasteiger partial charge on any atom is -0.497 e. The number of aromatic nitrogens is 1. The molecule has 1 aromatic heterocycles. The maximum atomic E-state index is 15.1. The second-order valence-corrected chi connectivity index (χ2v) is 21.9. The number of fused-ring (bicyclic) bond motifs is 2. The van der Waals surface area contributed by atoms with E-state index in [-0.39, 0.29) is 58.7 Å². The van der Waals surface area contributed by atoms with Gasteiger partial charge in [-0.05, 0) is 155 Å². The summed E-state index contributed by atoms with van der Waals surface area (Å²) in [6.07, 6.45) is -2.62. The van der Waals surface area contributed by atoms with Crippen molar-refractivity contribution in [2.75, 3.05) is 34.5 Å². The fraction of sp³-hybridized carbons (Fsp3) is 0.422. The third-order valence-corrected chi connectivity index (χ3v) is 15.3. The van der Waals surface area contributed by atoms with Crippen LogP contribution in [-0.2, 0) is 20.5 Å². The van der Waals surface area contributed by atoms with Gasteiger partial charge < -0.3 is 43.4 Å². The van der Waals surface area contributed by atoms with Crippen molar-refractivity contribution in [2.45, 2.75) is 110 Å². The van der Waals surface area contributed by atoms with Crippen molar-refractivity contribution >= 4 is 11.9 Å². The Hall–Kier alpha value is -7.40. The first kappa shape index (κ1) is 59.7. The van der Waals surface area contributed by atoms with E-state index in [4.69, 9.17) is 33.2 Å². The average molecular weight is 1120 g/mol. The number of pyridine rings is 1. The molecule has 2 fully saturated rings. The Bertz CT molecular complexity index is 3220. The molecule has 2 aliphatic carbocycles. The molecule has 2 saturated carbocycles.